The van der Waals surface area contributed by atoms with Crippen molar-refractivity contribution in [3.05, 3.63) is 66.4 Å². The van der Waals surface area contributed by atoms with Crippen LogP contribution in [0.15, 0.2) is 65.7 Å². The number of benzene rings is 2. The van der Waals surface area contributed by atoms with Gasteiger partial charge in [0.25, 0.3) is 10.0 Å². The molecule has 0 radical (unpaired) electrons. The highest BCUT2D eigenvalue weighted by atomic mass is 32.2. The summed E-state index contributed by atoms with van der Waals surface area (Å²) in [5, 5.41) is 0. The molecule has 0 aliphatic heterocycles. The van der Waals surface area contributed by atoms with Crippen molar-refractivity contribution < 1.29 is 13.2 Å². The Morgan fingerprint density at radius 1 is 1.04 bits per heavy atom. The molecule has 0 saturated heterocycles. The fourth-order valence-corrected chi connectivity index (χ4v) is 4.08. The second-order valence-electron chi connectivity index (χ2n) is 6.21. The molecule has 0 N–H and O–H groups in total. The summed E-state index contributed by atoms with van der Waals surface area (Å²) in [6.07, 6.45) is 1.97. The van der Waals surface area contributed by atoms with E-state index in [0.29, 0.717) is 11.4 Å². The van der Waals surface area contributed by atoms with Crippen LogP contribution in [0.3, 0.4) is 0 Å². The van der Waals surface area contributed by atoms with Crippen molar-refractivity contribution in [2.24, 2.45) is 7.05 Å². The van der Waals surface area contributed by atoms with Gasteiger partial charge in [-0.15, -0.1) is 0 Å². The number of hydrogen-bond donors (Lipinski definition) is 0. The first-order valence-corrected chi connectivity index (χ1v) is 9.63. The summed E-state index contributed by atoms with van der Waals surface area (Å²) >= 11 is 0. The molecule has 0 unspecified atom stereocenters. The lowest BCUT2D eigenvalue weighted by atomic mass is 10.1. The van der Waals surface area contributed by atoms with Crippen molar-refractivity contribution in [3.8, 4) is 17.0 Å². The second kappa shape index (κ2) is 6.88. The quantitative estimate of drug-likeness (QED) is 0.686. The average molecular weight is 370 g/mol. The molecule has 6 heteroatoms. The van der Waals surface area contributed by atoms with Crippen LogP contribution in [-0.2, 0) is 17.1 Å². The Morgan fingerprint density at radius 3 is 2.31 bits per heavy atom. The van der Waals surface area contributed by atoms with Crippen LogP contribution in [0.5, 0.6) is 5.75 Å². The van der Waals surface area contributed by atoms with Crippen LogP contribution in [0.2, 0.25) is 0 Å². The molecule has 1 heterocycles. The third kappa shape index (κ3) is 3.32. The van der Waals surface area contributed by atoms with Gasteiger partial charge < -0.3 is 9.30 Å². The Labute approximate surface area is 154 Å². The molecule has 0 aliphatic rings. The summed E-state index contributed by atoms with van der Waals surface area (Å²) in [5.74, 6) is 0.619. The Kier molecular flexibility index (Phi) is 4.78. The van der Waals surface area contributed by atoms with Crippen LogP contribution >= 0.6 is 0 Å². The van der Waals surface area contributed by atoms with Gasteiger partial charge in [0, 0.05) is 31.5 Å². The van der Waals surface area contributed by atoms with Gasteiger partial charge in [-0.25, -0.2) is 8.42 Å². The molecule has 136 valence electrons. The zero-order valence-corrected chi connectivity index (χ0v) is 16.1. The van der Waals surface area contributed by atoms with E-state index in [1.54, 1.807) is 38.4 Å². The van der Waals surface area contributed by atoms with Gasteiger partial charge in [0.2, 0.25) is 0 Å². The summed E-state index contributed by atoms with van der Waals surface area (Å²) in [5.41, 5.74) is 3.63. The molecule has 0 amide bonds. The van der Waals surface area contributed by atoms with Crippen LogP contribution in [0.4, 0.5) is 5.69 Å². The largest absolute Gasteiger partial charge is 0.497 e. The van der Waals surface area contributed by atoms with Crippen LogP contribution in [-0.4, -0.2) is 27.1 Å². The number of aromatic nitrogens is 1. The zero-order valence-electron chi connectivity index (χ0n) is 15.3. The Hall–Kier alpha value is -2.73. The number of sulfonamides is 1. The average Bonchev–Trinajstić information content (AvgIpc) is 3.06. The van der Waals surface area contributed by atoms with Gasteiger partial charge in [-0.3, -0.25) is 4.31 Å². The first-order chi connectivity index (χ1) is 12.3. The Bertz CT molecular complexity index is 1020. The molecule has 0 bridgehead atoms. The minimum atomic E-state index is -3.66. The highest BCUT2D eigenvalue weighted by Crippen LogP contribution is 2.29. The van der Waals surface area contributed by atoms with E-state index in [9.17, 15) is 8.42 Å². The molecule has 0 atom stereocenters. The van der Waals surface area contributed by atoms with Crippen LogP contribution in [0.25, 0.3) is 11.3 Å². The summed E-state index contributed by atoms with van der Waals surface area (Å²) in [4.78, 5) is 0.225. The molecule has 3 rings (SSSR count). The van der Waals surface area contributed by atoms with Crippen molar-refractivity contribution >= 4 is 15.7 Å². The van der Waals surface area contributed by atoms with Gasteiger partial charge in [-0.2, -0.15) is 0 Å². The number of methoxy groups -OCH3 is 1. The van der Waals surface area contributed by atoms with Gasteiger partial charge >= 0.3 is 0 Å². The molecule has 3 aromatic rings. The first kappa shape index (κ1) is 18.1. The van der Waals surface area contributed by atoms with Gasteiger partial charge in [-0.05, 0) is 67.1 Å². The maximum atomic E-state index is 13.0. The maximum Gasteiger partial charge on any atom is 0.264 e. The molecule has 0 fully saturated rings. The zero-order chi connectivity index (χ0) is 18.9. The van der Waals surface area contributed by atoms with Crippen LogP contribution < -0.4 is 9.04 Å². The number of rotatable bonds is 5. The normalized spacial score (nSPS) is 11.4. The molecular weight excluding hydrogens is 348 g/mol. The standard InChI is InChI=1S/C20H22N2O3S/c1-15-12-16(20-6-5-11-21(20)2)14-17(13-15)22(3)26(23,24)19-9-7-18(25-4)8-10-19/h5-14H,1-4H3. The van der Waals surface area contributed by atoms with Crippen LogP contribution in [0, 0.1) is 6.92 Å². The lowest BCUT2D eigenvalue weighted by Crippen LogP contribution is -2.26. The predicted molar refractivity (Wildman–Crippen MR) is 104 cm³/mol. The summed E-state index contributed by atoms with van der Waals surface area (Å²) in [6, 6.07) is 16.2. The van der Waals surface area contributed by atoms with E-state index in [2.05, 4.69) is 0 Å². The van der Waals surface area contributed by atoms with Crippen molar-refractivity contribution in [2.45, 2.75) is 11.8 Å². The Morgan fingerprint density at radius 2 is 1.73 bits per heavy atom. The maximum absolute atomic E-state index is 13.0. The molecule has 0 saturated carbocycles. The number of aryl methyl sites for hydroxylation is 2. The Balaban J connectivity index is 2.02. The number of hydrogen-bond acceptors (Lipinski definition) is 3. The van der Waals surface area contributed by atoms with E-state index in [4.69, 9.17) is 4.74 Å². The third-order valence-electron chi connectivity index (χ3n) is 4.38. The number of ether oxygens (including phenoxy) is 1. The smallest absolute Gasteiger partial charge is 0.264 e. The molecule has 0 aliphatic carbocycles. The van der Waals surface area contributed by atoms with Gasteiger partial charge in [-0.1, -0.05) is 0 Å². The number of anilines is 1. The molecular formula is C20H22N2O3S. The van der Waals surface area contributed by atoms with Crippen molar-refractivity contribution in [3.63, 3.8) is 0 Å². The fraction of sp³-hybridized carbons (Fsp3) is 0.200. The highest BCUT2D eigenvalue weighted by molar-refractivity contribution is 7.92. The SMILES string of the molecule is COc1ccc(S(=O)(=O)N(C)c2cc(C)cc(-c3cccn3C)c2)cc1. The molecule has 2 aromatic carbocycles. The second-order valence-corrected chi connectivity index (χ2v) is 8.18. The fourth-order valence-electron chi connectivity index (χ4n) is 2.90. The first-order valence-electron chi connectivity index (χ1n) is 8.19. The number of nitrogens with zero attached hydrogens (tertiary/aromatic N) is 2. The van der Waals surface area contributed by atoms with Crippen molar-refractivity contribution in [1.82, 2.24) is 4.57 Å². The summed E-state index contributed by atoms with van der Waals surface area (Å²) in [7, 11) is 1.43. The van der Waals surface area contributed by atoms with E-state index in [1.807, 2.05) is 55.1 Å². The summed E-state index contributed by atoms with van der Waals surface area (Å²) < 4.78 is 34.4. The van der Waals surface area contributed by atoms with E-state index in [0.717, 1.165) is 16.8 Å². The highest BCUT2D eigenvalue weighted by Gasteiger charge is 2.22. The molecule has 26 heavy (non-hydrogen) atoms. The molecule has 1 aromatic heterocycles. The summed E-state index contributed by atoms with van der Waals surface area (Å²) in [6.45, 7) is 1.96. The van der Waals surface area contributed by atoms with Gasteiger partial charge in [0.05, 0.1) is 17.7 Å². The van der Waals surface area contributed by atoms with Crippen LogP contribution in [0.1, 0.15) is 5.56 Å². The topological polar surface area (TPSA) is 51.5 Å². The minimum Gasteiger partial charge on any atom is -0.497 e. The third-order valence-corrected chi connectivity index (χ3v) is 6.18. The minimum absolute atomic E-state index is 0.225. The van der Waals surface area contributed by atoms with E-state index in [1.165, 1.54) is 4.31 Å². The van der Waals surface area contributed by atoms with Gasteiger partial charge in [0.15, 0.2) is 0 Å². The van der Waals surface area contributed by atoms with E-state index in [-0.39, 0.29) is 4.90 Å². The van der Waals surface area contributed by atoms with E-state index >= 15 is 0 Å². The predicted octanol–water partition coefficient (Wildman–Crippen LogP) is 3.83. The van der Waals surface area contributed by atoms with Gasteiger partial charge in [0.1, 0.15) is 5.75 Å². The monoisotopic (exact) mass is 370 g/mol. The molecule has 5 nitrogen and oxygen atoms in total. The lowest BCUT2D eigenvalue weighted by molar-refractivity contribution is 0.414. The van der Waals surface area contributed by atoms with Crippen molar-refractivity contribution in [1.29, 1.82) is 0 Å². The lowest BCUT2D eigenvalue weighted by Gasteiger charge is -2.21. The van der Waals surface area contributed by atoms with Crippen molar-refractivity contribution in [2.75, 3.05) is 18.5 Å². The van der Waals surface area contributed by atoms with E-state index < -0.39 is 10.0 Å². The molecule has 0 spiro atoms.